The standard InChI is InChI=1S/C27H27N9O/c1-4-16-35-26(37)21-18-28-27(30-20-12-10-19(11-13-20)14-17-34(2)3)32-25(21)36(35)24-9-5-7-22(31-24)23-8-6-15-29-33-23/h4-13,15,18H,1,14,16-17H2,2-3H3,(H,28,30,32). The van der Waals surface area contributed by atoms with Crippen LogP contribution in [0.5, 0.6) is 0 Å². The van der Waals surface area contributed by atoms with Crippen LogP contribution in [0.1, 0.15) is 5.56 Å². The lowest BCUT2D eigenvalue weighted by molar-refractivity contribution is 0.413. The zero-order valence-corrected chi connectivity index (χ0v) is 20.7. The molecule has 10 nitrogen and oxygen atoms in total. The van der Waals surface area contributed by atoms with Gasteiger partial charge in [0.25, 0.3) is 5.56 Å². The van der Waals surface area contributed by atoms with Crippen molar-refractivity contribution in [3.63, 3.8) is 0 Å². The molecular weight excluding hydrogens is 466 g/mol. The first-order valence-electron chi connectivity index (χ1n) is 11.9. The number of nitrogens with zero attached hydrogens (tertiary/aromatic N) is 8. The van der Waals surface area contributed by atoms with Gasteiger partial charge in [0.05, 0.1) is 12.2 Å². The second-order valence-electron chi connectivity index (χ2n) is 8.78. The predicted molar refractivity (Wildman–Crippen MR) is 144 cm³/mol. The number of likely N-dealkylation sites (N-methyl/N-ethyl adjacent to an activating group) is 1. The topological polar surface area (TPSA) is 107 Å². The number of pyridine rings is 1. The van der Waals surface area contributed by atoms with Crippen molar-refractivity contribution in [2.75, 3.05) is 26.0 Å². The van der Waals surface area contributed by atoms with E-state index in [2.05, 4.69) is 58.2 Å². The van der Waals surface area contributed by atoms with E-state index in [1.807, 2.05) is 36.4 Å². The van der Waals surface area contributed by atoms with E-state index in [-0.39, 0.29) is 12.1 Å². The first-order chi connectivity index (χ1) is 18.0. The number of fused-ring (bicyclic) bond motifs is 1. The third-order valence-electron chi connectivity index (χ3n) is 5.82. The molecule has 5 aromatic rings. The van der Waals surface area contributed by atoms with Crippen LogP contribution in [-0.2, 0) is 13.0 Å². The Morgan fingerprint density at radius 1 is 1.03 bits per heavy atom. The molecular formula is C27H27N9O. The zero-order chi connectivity index (χ0) is 25.8. The summed E-state index contributed by atoms with van der Waals surface area (Å²) in [7, 11) is 4.12. The van der Waals surface area contributed by atoms with Gasteiger partial charge in [-0.25, -0.2) is 19.3 Å². The third kappa shape index (κ3) is 5.14. The van der Waals surface area contributed by atoms with Crippen molar-refractivity contribution in [2.45, 2.75) is 13.0 Å². The van der Waals surface area contributed by atoms with Crippen LogP contribution in [0.3, 0.4) is 0 Å². The highest BCUT2D eigenvalue weighted by molar-refractivity contribution is 5.77. The van der Waals surface area contributed by atoms with E-state index in [9.17, 15) is 4.79 Å². The first-order valence-corrected chi connectivity index (χ1v) is 11.9. The van der Waals surface area contributed by atoms with Crippen LogP contribution in [0.15, 0.2) is 84.4 Å². The van der Waals surface area contributed by atoms with Crippen molar-refractivity contribution in [1.29, 1.82) is 0 Å². The maximum Gasteiger partial charge on any atom is 0.278 e. The second kappa shape index (κ2) is 10.5. The van der Waals surface area contributed by atoms with E-state index in [1.54, 1.807) is 33.9 Å². The fourth-order valence-corrected chi connectivity index (χ4v) is 3.97. The van der Waals surface area contributed by atoms with Gasteiger partial charge in [0.15, 0.2) is 11.5 Å². The molecule has 37 heavy (non-hydrogen) atoms. The van der Waals surface area contributed by atoms with Crippen molar-refractivity contribution in [2.24, 2.45) is 0 Å². The van der Waals surface area contributed by atoms with Crippen LogP contribution in [0.4, 0.5) is 11.6 Å². The number of hydrogen-bond acceptors (Lipinski definition) is 8. The lowest BCUT2D eigenvalue weighted by Crippen LogP contribution is -2.22. The Morgan fingerprint density at radius 3 is 2.57 bits per heavy atom. The molecule has 10 heteroatoms. The lowest BCUT2D eigenvalue weighted by Gasteiger charge is -2.12. The van der Waals surface area contributed by atoms with Gasteiger partial charge >= 0.3 is 0 Å². The Bertz CT molecular complexity index is 1590. The minimum atomic E-state index is -0.224. The summed E-state index contributed by atoms with van der Waals surface area (Å²) >= 11 is 0. The number of rotatable bonds is 9. The number of anilines is 2. The van der Waals surface area contributed by atoms with Crippen LogP contribution in [0.2, 0.25) is 0 Å². The molecule has 5 rings (SSSR count). The zero-order valence-electron chi connectivity index (χ0n) is 20.7. The maximum absolute atomic E-state index is 13.2. The van der Waals surface area contributed by atoms with Gasteiger partial charge in [0.1, 0.15) is 11.1 Å². The number of hydrogen-bond donors (Lipinski definition) is 1. The second-order valence-corrected chi connectivity index (χ2v) is 8.78. The van der Waals surface area contributed by atoms with E-state index in [1.165, 1.54) is 5.56 Å². The van der Waals surface area contributed by atoms with Crippen LogP contribution in [0, 0.1) is 0 Å². The normalized spacial score (nSPS) is 11.2. The summed E-state index contributed by atoms with van der Waals surface area (Å²) in [6, 6.07) is 17.3. The Morgan fingerprint density at radius 2 is 1.84 bits per heavy atom. The highest BCUT2D eigenvalue weighted by Gasteiger charge is 2.18. The summed E-state index contributed by atoms with van der Waals surface area (Å²) in [5.41, 5.74) is 3.58. The van der Waals surface area contributed by atoms with E-state index >= 15 is 0 Å². The minimum Gasteiger partial charge on any atom is -0.324 e. The smallest absolute Gasteiger partial charge is 0.278 e. The third-order valence-corrected chi connectivity index (χ3v) is 5.82. The van der Waals surface area contributed by atoms with Gasteiger partial charge in [-0.05, 0) is 62.5 Å². The summed E-state index contributed by atoms with van der Waals surface area (Å²) in [6.07, 6.45) is 5.78. The van der Waals surface area contributed by atoms with Gasteiger partial charge in [0, 0.05) is 24.6 Å². The molecule has 0 saturated carbocycles. The summed E-state index contributed by atoms with van der Waals surface area (Å²) < 4.78 is 3.23. The fourth-order valence-electron chi connectivity index (χ4n) is 3.97. The quantitative estimate of drug-likeness (QED) is 0.311. The molecule has 1 N–H and O–H groups in total. The van der Waals surface area contributed by atoms with Gasteiger partial charge in [-0.15, -0.1) is 11.7 Å². The van der Waals surface area contributed by atoms with Crippen molar-refractivity contribution < 1.29 is 0 Å². The predicted octanol–water partition coefficient (Wildman–Crippen LogP) is 3.47. The first kappa shape index (κ1) is 24.0. The highest BCUT2D eigenvalue weighted by atomic mass is 16.1. The molecule has 0 radical (unpaired) electrons. The molecule has 0 aliphatic rings. The van der Waals surface area contributed by atoms with Crippen molar-refractivity contribution in [3.05, 3.63) is 95.6 Å². The molecule has 186 valence electrons. The average molecular weight is 494 g/mol. The van der Waals surface area contributed by atoms with Gasteiger partial charge < -0.3 is 10.2 Å². The van der Waals surface area contributed by atoms with Gasteiger partial charge in [-0.2, -0.15) is 10.1 Å². The van der Waals surface area contributed by atoms with E-state index in [4.69, 9.17) is 9.97 Å². The molecule has 0 spiro atoms. The lowest BCUT2D eigenvalue weighted by atomic mass is 10.1. The molecule has 0 saturated heterocycles. The van der Waals surface area contributed by atoms with Gasteiger partial charge in [-0.1, -0.05) is 24.3 Å². The minimum absolute atomic E-state index is 0.224. The van der Waals surface area contributed by atoms with Crippen molar-refractivity contribution in [1.82, 2.24) is 39.4 Å². The molecule has 4 heterocycles. The van der Waals surface area contributed by atoms with E-state index in [0.29, 0.717) is 34.2 Å². The molecule has 0 aliphatic carbocycles. The molecule has 0 fully saturated rings. The van der Waals surface area contributed by atoms with Crippen LogP contribution >= 0.6 is 0 Å². The maximum atomic E-state index is 13.2. The average Bonchev–Trinajstić information content (AvgIpc) is 3.19. The molecule has 4 aromatic heterocycles. The Labute approximate surface area is 214 Å². The van der Waals surface area contributed by atoms with Crippen LogP contribution in [0.25, 0.3) is 28.2 Å². The molecule has 0 bridgehead atoms. The van der Waals surface area contributed by atoms with Crippen LogP contribution in [-0.4, -0.2) is 60.1 Å². The summed E-state index contributed by atoms with van der Waals surface area (Å²) in [6.45, 7) is 5.07. The van der Waals surface area contributed by atoms with Crippen LogP contribution < -0.4 is 10.9 Å². The van der Waals surface area contributed by atoms with Crippen molar-refractivity contribution >= 4 is 22.7 Å². The van der Waals surface area contributed by atoms with Crippen molar-refractivity contribution in [3.8, 4) is 17.2 Å². The Hall–Kier alpha value is -4.70. The number of nitrogens with one attached hydrogen (secondary N) is 1. The SMILES string of the molecule is C=CCn1c(=O)c2cnc(Nc3ccc(CCN(C)C)cc3)nc2n1-c1cccc(-c2cccnn2)n1. The Balaban J connectivity index is 1.54. The summed E-state index contributed by atoms with van der Waals surface area (Å²) in [5, 5.41) is 11.7. The summed E-state index contributed by atoms with van der Waals surface area (Å²) in [5.74, 6) is 0.898. The molecule has 1 aromatic carbocycles. The monoisotopic (exact) mass is 493 g/mol. The van der Waals surface area contributed by atoms with E-state index < -0.39 is 0 Å². The number of aromatic nitrogens is 7. The van der Waals surface area contributed by atoms with E-state index in [0.717, 1.165) is 18.7 Å². The fraction of sp³-hybridized carbons (Fsp3) is 0.185. The van der Waals surface area contributed by atoms with Gasteiger partial charge in [0.2, 0.25) is 5.95 Å². The van der Waals surface area contributed by atoms with Gasteiger partial charge in [-0.3, -0.25) is 4.79 Å². The largest absolute Gasteiger partial charge is 0.324 e. The summed E-state index contributed by atoms with van der Waals surface area (Å²) in [4.78, 5) is 29.2. The highest BCUT2D eigenvalue weighted by Crippen LogP contribution is 2.21. The number of allylic oxidation sites excluding steroid dienone is 1. The molecule has 0 unspecified atom stereocenters. The number of benzene rings is 1. The Kier molecular flexibility index (Phi) is 6.82. The molecule has 0 atom stereocenters. The molecule has 0 amide bonds. The molecule has 0 aliphatic heterocycles.